The summed E-state index contributed by atoms with van der Waals surface area (Å²) >= 11 is 0. The van der Waals surface area contributed by atoms with E-state index in [9.17, 15) is 18.0 Å². The highest BCUT2D eigenvalue weighted by atomic mass is 32.2. The van der Waals surface area contributed by atoms with Gasteiger partial charge in [0.05, 0.1) is 18.3 Å². The molecule has 0 saturated heterocycles. The van der Waals surface area contributed by atoms with Crippen molar-refractivity contribution >= 4 is 21.7 Å². The monoisotopic (exact) mass is 422 g/mol. The van der Waals surface area contributed by atoms with Gasteiger partial charge in [-0.25, -0.2) is 0 Å². The number of fused-ring (bicyclic) bond motifs is 3. The first-order chi connectivity index (χ1) is 13.5. The molecule has 29 heavy (non-hydrogen) atoms. The molecule has 0 aromatic carbocycles. The summed E-state index contributed by atoms with van der Waals surface area (Å²) in [6.07, 6.45) is 7.45. The third kappa shape index (κ3) is 2.87. The van der Waals surface area contributed by atoms with Gasteiger partial charge >= 0.3 is 0 Å². The molecule has 6 nitrogen and oxygen atoms in total. The quantitative estimate of drug-likeness (QED) is 0.500. The number of hydrogen-bond donors (Lipinski definition) is 0. The van der Waals surface area contributed by atoms with Crippen LogP contribution in [0, 0.1) is 28.1 Å². The molecule has 160 valence electrons. The van der Waals surface area contributed by atoms with E-state index in [0.29, 0.717) is 25.7 Å². The lowest BCUT2D eigenvalue weighted by Crippen LogP contribution is -2.50. The topological polar surface area (TPSA) is 86.7 Å². The Morgan fingerprint density at radius 1 is 1.17 bits per heavy atom. The van der Waals surface area contributed by atoms with Gasteiger partial charge in [-0.3, -0.25) is 13.8 Å². The zero-order valence-electron chi connectivity index (χ0n) is 17.6. The molecule has 0 aromatic rings. The van der Waals surface area contributed by atoms with Crippen molar-refractivity contribution in [2.24, 2.45) is 28.1 Å². The first kappa shape index (κ1) is 20.8. The summed E-state index contributed by atoms with van der Waals surface area (Å²) in [5.74, 6) is -0.170. The molecule has 2 saturated carbocycles. The van der Waals surface area contributed by atoms with Gasteiger partial charge in [0, 0.05) is 23.8 Å². The largest absolute Gasteiger partial charge is 0.498 e. The molecule has 2 fully saturated rings. The molecule has 0 aromatic heterocycles. The fraction of sp³-hybridized carbons (Fsp3) is 0.727. The summed E-state index contributed by atoms with van der Waals surface area (Å²) in [7, 11) is -2.60. The van der Waals surface area contributed by atoms with E-state index in [1.165, 1.54) is 13.2 Å². The van der Waals surface area contributed by atoms with Crippen molar-refractivity contribution in [2.45, 2.75) is 59.0 Å². The summed E-state index contributed by atoms with van der Waals surface area (Å²) < 4.78 is 37.6. The van der Waals surface area contributed by atoms with E-state index in [1.807, 2.05) is 32.9 Å². The maximum atomic E-state index is 13.2. The van der Waals surface area contributed by atoms with Crippen LogP contribution in [0.3, 0.4) is 0 Å². The predicted octanol–water partition coefficient (Wildman–Crippen LogP) is 3.18. The lowest BCUT2D eigenvalue weighted by Gasteiger charge is -2.44. The van der Waals surface area contributed by atoms with Crippen molar-refractivity contribution in [1.82, 2.24) is 0 Å². The van der Waals surface area contributed by atoms with E-state index >= 15 is 0 Å². The Morgan fingerprint density at radius 3 is 2.48 bits per heavy atom. The Hall–Kier alpha value is -1.47. The molecular weight excluding hydrogens is 392 g/mol. The average molecular weight is 423 g/mol. The summed E-state index contributed by atoms with van der Waals surface area (Å²) in [5, 5.41) is 0. The molecule has 0 spiro atoms. The maximum absolute atomic E-state index is 13.2. The molecule has 0 aliphatic heterocycles. The normalized spacial score (nSPS) is 40.7. The van der Waals surface area contributed by atoms with Gasteiger partial charge < -0.3 is 4.74 Å². The van der Waals surface area contributed by atoms with Crippen LogP contribution < -0.4 is 0 Å². The average Bonchev–Trinajstić information content (AvgIpc) is 2.98. The maximum Gasteiger partial charge on any atom is 0.269 e. The zero-order valence-corrected chi connectivity index (χ0v) is 18.4. The highest BCUT2D eigenvalue weighted by Crippen LogP contribution is 2.64. The first-order valence-corrected chi connectivity index (χ1v) is 11.9. The molecule has 0 radical (unpaired) electrons. The van der Waals surface area contributed by atoms with Crippen LogP contribution in [0.2, 0.25) is 0 Å². The summed E-state index contributed by atoms with van der Waals surface area (Å²) in [4.78, 5) is 25.5. The standard InChI is InChI=1S/C22H30O6S/c1-20(2)14-8-10-22(20,18(24)11-14)13-29(25,26)28-19-15-7-5-6-9-21(15,3)17(23)12-16(19)27-4/h5-6,12,14-15,19H,7-11,13H2,1-4H3/t14-,15+,19-,21+,22-/m0/s1. The van der Waals surface area contributed by atoms with Crippen LogP contribution in [0.25, 0.3) is 0 Å². The van der Waals surface area contributed by atoms with Gasteiger partial charge in [0.15, 0.2) is 5.78 Å². The van der Waals surface area contributed by atoms with Crippen LogP contribution in [0.5, 0.6) is 0 Å². The van der Waals surface area contributed by atoms with Crippen LogP contribution in [0.15, 0.2) is 24.0 Å². The number of rotatable bonds is 5. The number of allylic oxidation sites excluding steroid dienone is 3. The summed E-state index contributed by atoms with van der Waals surface area (Å²) in [5.41, 5.74) is -1.95. The lowest BCUT2D eigenvalue weighted by molar-refractivity contribution is -0.131. The van der Waals surface area contributed by atoms with Gasteiger partial charge in [-0.2, -0.15) is 8.42 Å². The van der Waals surface area contributed by atoms with Gasteiger partial charge in [-0.15, -0.1) is 0 Å². The Labute approximate surface area is 172 Å². The second-order valence-electron chi connectivity index (χ2n) is 9.94. The lowest BCUT2D eigenvalue weighted by atomic mass is 9.62. The van der Waals surface area contributed by atoms with Crippen molar-refractivity contribution in [3.8, 4) is 0 Å². The number of hydrogen-bond acceptors (Lipinski definition) is 6. The number of Topliss-reactive ketones (excluding diaryl/α,β-unsaturated/α-hetero) is 1. The minimum absolute atomic E-state index is 0.0395. The highest BCUT2D eigenvalue weighted by molar-refractivity contribution is 7.86. The van der Waals surface area contributed by atoms with Gasteiger partial charge in [-0.05, 0) is 37.0 Å². The minimum atomic E-state index is -4.03. The highest BCUT2D eigenvalue weighted by Gasteiger charge is 2.65. The summed E-state index contributed by atoms with van der Waals surface area (Å²) in [6, 6.07) is 0. The third-order valence-electron chi connectivity index (χ3n) is 8.45. The van der Waals surface area contributed by atoms with Crippen LogP contribution in [-0.2, 0) is 28.6 Å². The van der Waals surface area contributed by atoms with E-state index in [-0.39, 0.29) is 40.3 Å². The molecule has 2 bridgehead atoms. The molecule has 4 aliphatic carbocycles. The molecule has 0 unspecified atom stereocenters. The number of carbonyl (C=O) groups excluding carboxylic acids is 2. The SMILES string of the molecule is COC1=CC(=O)[C@]2(C)CC=CC[C@@H]2[C@@H]1OS(=O)(=O)C[C@@]12CC[C@@H](CC1=O)C2(C)C. The Morgan fingerprint density at radius 2 is 1.90 bits per heavy atom. The Bertz CT molecular complexity index is 914. The van der Waals surface area contributed by atoms with Crippen molar-refractivity contribution in [2.75, 3.05) is 12.9 Å². The van der Waals surface area contributed by atoms with E-state index in [1.54, 1.807) is 0 Å². The Kier molecular flexibility index (Phi) is 4.67. The van der Waals surface area contributed by atoms with Gasteiger partial charge in [0.2, 0.25) is 0 Å². The molecule has 0 N–H and O–H groups in total. The smallest absolute Gasteiger partial charge is 0.269 e. The van der Waals surface area contributed by atoms with E-state index in [2.05, 4.69) is 0 Å². The zero-order chi connectivity index (χ0) is 21.2. The second kappa shape index (κ2) is 6.51. The van der Waals surface area contributed by atoms with Crippen molar-refractivity contribution < 1.29 is 26.9 Å². The van der Waals surface area contributed by atoms with Gasteiger partial charge in [0.25, 0.3) is 10.1 Å². The fourth-order valence-corrected chi connectivity index (χ4v) is 8.08. The van der Waals surface area contributed by atoms with Crippen LogP contribution in [-0.4, -0.2) is 39.0 Å². The molecule has 0 amide bonds. The molecule has 4 rings (SSSR count). The van der Waals surface area contributed by atoms with E-state index in [4.69, 9.17) is 8.92 Å². The summed E-state index contributed by atoms with van der Waals surface area (Å²) in [6.45, 7) is 5.88. The number of carbonyl (C=O) groups is 2. The number of methoxy groups -OCH3 is 1. The molecule has 4 aliphatic rings. The van der Waals surface area contributed by atoms with Gasteiger partial charge in [-0.1, -0.05) is 32.9 Å². The van der Waals surface area contributed by atoms with E-state index < -0.39 is 27.1 Å². The fourth-order valence-electron chi connectivity index (χ4n) is 6.19. The van der Waals surface area contributed by atoms with Crippen LogP contribution >= 0.6 is 0 Å². The molecule has 5 atom stereocenters. The third-order valence-corrected chi connectivity index (χ3v) is 9.79. The number of ketones is 2. The van der Waals surface area contributed by atoms with E-state index in [0.717, 1.165) is 6.42 Å². The first-order valence-electron chi connectivity index (χ1n) is 10.4. The number of ether oxygens (including phenoxy) is 1. The van der Waals surface area contributed by atoms with Crippen molar-refractivity contribution in [3.05, 3.63) is 24.0 Å². The molecule has 0 heterocycles. The predicted molar refractivity (Wildman–Crippen MR) is 107 cm³/mol. The van der Waals surface area contributed by atoms with Crippen LogP contribution in [0.1, 0.15) is 52.9 Å². The van der Waals surface area contributed by atoms with Crippen molar-refractivity contribution in [1.29, 1.82) is 0 Å². The minimum Gasteiger partial charge on any atom is -0.498 e. The molecular formula is C22H30O6S. The van der Waals surface area contributed by atoms with Crippen LogP contribution in [0.4, 0.5) is 0 Å². The molecule has 7 heteroatoms. The van der Waals surface area contributed by atoms with Crippen molar-refractivity contribution in [3.63, 3.8) is 0 Å². The van der Waals surface area contributed by atoms with Gasteiger partial charge in [0.1, 0.15) is 17.6 Å². The second-order valence-corrected chi connectivity index (χ2v) is 11.5. The Balaban J connectivity index is 1.65.